The molecule has 0 N–H and O–H groups in total. The highest BCUT2D eigenvalue weighted by Crippen LogP contribution is 2.28. The first kappa shape index (κ1) is 19.0. The van der Waals surface area contributed by atoms with Crippen molar-refractivity contribution in [2.24, 2.45) is 0 Å². The number of benzene rings is 2. The van der Waals surface area contributed by atoms with Crippen molar-refractivity contribution in [1.29, 1.82) is 0 Å². The predicted molar refractivity (Wildman–Crippen MR) is 114 cm³/mol. The number of halogens is 1. The summed E-state index contributed by atoms with van der Waals surface area (Å²) in [5.74, 6) is -0.973. The molecule has 4 nitrogen and oxygen atoms in total. The molecule has 0 saturated heterocycles. The van der Waals surface area contributed by atoms with E-state index in [1.165, 1.54) is 23.6 Å². The zero-order valence-electron chi connectivity index (χ0n) is 15.5. The molecule has 2 aromatic carbocycles. The number of pyridine rings is 1. The molecule has 0 fully saturated rings. The van der Waals surface area contributed by atoms with Crippen molar-refractivity contribution in [3.8, 4) is 11.3 Å². The molecule has 2 aromatic heterocycles. The maximum atomic E-state index is 13.6. The Hall–Kier alpha value is -3.38. The number of hydrogen-bond donors (Lipinski definition) is 0. The number of nitrogens with zero attached hydrogens (tertiary/aromatic N) is 3. The van der Waals surface area contributed by atoms with Gasteiger partial charge in [0.15, 0.2) is 5.13 Å². The Morgan fingerprint density at radius 2 is 1.72 bits per heavy atom. The Kier molecular flexibility index (Phi) is 5.72. The summed E-state index contributed by atoms with van der Waals surface area (Å²) in [6, 6.07) is 22.4. The summed E-state index contributed by atoms with van der Waals surface area (Å²) in [5, 5.41) is 2.52. The van der Waals surface area contributed by atoms with Crippen LogP contribution in [0.15, 0.2) is 84.4 Å². The van der Waals surface area contributed by atoms with E-state index in [1.54, 1.807) is 4.90 Å². The SMILES string of the molecule is O=C(c1ccnc(F)c1)N(CCc1ccccc1)c1nc(-c2ccccc2)cs1. The summed E-state index contributed by atoms with van der Waals surface area (Å²) in [6.07, 6.45) is 1.97. The number of aromatic nitrogens is 2. The maximum absolute atomic E-state index is 13.6. The summed E-state index contributed by atoms with van der Waals surface area (Å²) in [7, 11) is 0. The summed E-state index contributed by atoms with van der Waals surface area (Å²) >= 11 is 1.40. The highest BCUT2D eigenvalue weighted by atomic mass is 32.1. The highest BCUT2D eigenvalue weighted by molar-refractivity contribution is 7.14. The van der Waals surface area contributed by atoms with Crippen molar-refractivity contribution in [2.45, 2.75) is 6.42 Å². The third-order valence-electron chi connectivity index (χ3n) is 4.48. The number of rotatable bonds is 6. The fraction of sp³-hybridized carbons (Fsp3) is 0.0870. The highest BCUT2D eigenvalue weighted by Gasteiger charge is 2.21. The second-order valence-corrected chi connectivity index (χ2v) is 7.28. The molecule has 0 unspecified atom stereocenters. The second-order valence-electron chi connectivity index (χ2n) is 6.44. The lowest BCUT2D eigenvalue weighted by Crippen LogP contribution is -2.33. The van der Waals surface area contributed by atoms with Crippen LogP contribution in [0.25, 0.3) is 11.3 Å². The number of carbonyl (C=O) groups excluding carboxylic acids is 1. The molecule has 0 saturated carbocycles. The van der Waals surface area contributed by atoms with Crippen LogP contribution < -0.4 is 4.90 Å². The molecule has 6 heteroatoms. The molecule has 0 spiro atoms. The average Bonchev–Trinajstić information content (AvgIpc) is 3.25. The van der Waals surface area contributed by atoms with Crippen molar-refractivity contribution < 1.29 is 9.18 Å². The van der Waals surface area contributed by atoms with Crippen molar-refractivity contribution in [3.05, 3.63) is 101 Å². The quantitative estimate of drug-likeness (QED) is 0.414. The molecule has 2 heterocycles. The molecule has 0 atom stereocenters. The van der Waals surface area contributed by atoms with E-state index in [4.69, 9.17) is 0 Å². The van der Waals surface area contributed by atoms with Crippen LogP contribution in [0.2, 0.25) is 0 Å². The normalized spacial score (nSPS) is 10.7. The van der Waals surface area contributed by atoms with E-state index in [0.717, 1.165) is 22.9 Å². The van der Waals surface area contributed by atoms with Gasteiger partial charge in [-0.05, 0) is 18.1 Å². The van der Waals surface area contributed by atoms with Gasteiger partial charge in [0.25, 0.3) is 5.91 Å². The van der Waals surface area contributed by atoms with Gasteiger partial charge in [0.05, 0.1) is 5.69 Å². The lowest BCUT2D eigenvalue weighted by molar-refractivity contribution is 0.0986. The zero-order chi connectivity index (χ0) is 20.1. The van der Waals surface area contributed by atoms with Crippen LogP contribution in [0.4, 0.5) is 9.52 Å². The van der Waals surface area contributed by atoms with Crippen LogP contribution in [0.1, 0.15) is 15.9 Å². The summed E-state index contributed by atoms with van der Waals surface area (Å²) in [5.41, 5.74) is 3.16. The van der Waals surface area contributed by atoms with Crippen molar-refractivity contribution in [2.75, 3.05) is 11.4 Å². The number of anilines is 1. The zero-order valence-corrected chi connectivity index (χ0v) is 16.3. The maximum Gasteiger partial charge on any atom is 0.260 e. The fourth-order valence-corrected chi connectivity index (χ4v) is 3.85. The van der Waals surface area contributed by atoms with Crippen molar-refractivity contribution >= 4 is 22.4 Å². The van der Waals surface area contributed by atoms with Gasteiger partial charge in [0, 0.05) is 35.3 Å². The Morgan fingerprint density at radius 3 is 2.45 bits per heavy atom. The largest absolute Gasteiger partial charge is 0.284 e. The minimum absolute atomic E-state index is 0.252. The number of hydrogen-bond acceptors (Lipinski definition) is 4. The monoisotopic (exact) mass is 403 g/mol. The van der Waals surface area contributed by atoms with Gasteiger partial charge in [-0.25, -0.2) is 9.97 Å². The van der Waals surface area contributed by atoms with E-state index in [1.807, 2.05) is 66.0 Å². The first-order valence-electron chi connectivity index (χ1n) is 9.19. The molecular formula is C23H18FN3OS. The van der Waals surface area contributed by atoms with Crippen LogP contribution in [0.3, 0.4) is 0 Å². The van der Waals surface area contributed by atoms with Gasteiger partial charge in [-0.1, -0.05) is 60.7 Å². The Balaban J connectivity index is 1.64. The molecule has 4 aromatic rings. The van der Waals surface area contributed by atoms with Gasteiger partial charge >= 0.3 is 0 Å². The van der Waals surface area contributed by atoms with E-state index in [0.29, 0.717) is 18.1 Å². The number of carbonyl (C=O) groups is 1. The van der Waals surface area contributed by atoms with E-state index >= 15 is 0 Å². The van der Waals surface area contributed by atoms with E-state index in [-0.39, 0.29) is 11.5 Å². The van der Waals surface area contributed by atoms with E-state index in [9.17, 15) is 9.18 Å². The smallest absolute Gasteiger partial charge is 0.260 e. The van der Waals surface area contributed by atoms with Crippen LogP contribution in [-0.2, 0) is 6.42 Å². The van der Waals surface area contributed by atoms with Gasteiger partial charge in [0.2, 0.25) is 5.95 Å². The minimum atomic E-state index is -0.678. The standard InChI is InChI=1S/C23H18FN3OS/c24-21-15-19(11-13-25-21)22(28)27(14-12-17-7-3-1-4-8-17)23-26-20(16-29-23)18-9-5-2-6-10-18/h1-11,13,15-16H,12,14H2. The Bertz CT molecular complexity index is 1100. The van der Waals surface area contributed by atoms with Crippen molar-refractivity contribution in [3.63, 3.8) is 0 Å². The van der Waals surface area contributed by atoms with Crippen LogP contribution >= 0.6 is 11.3 Å². The molecular weight excluding hydrogens is 385 g/mol. The first-order chi connectivity index (χ1) is 14.2. The molecule has 0 bridgehead atoms. The summed E-state index contributed by atoms with van der Waals surface area (Å²) in [6.45, 7) is 0.439. The van der Waals surface area contributed by atoms with Gasteiger partial charge < -0.3 is 0 Å². The van der Waals surface area contributed by atoms with Gasteiger partial charge in [-0.3, -0.25) is 9.69 Å². The molecule has 0 aliphatic rings. The first-order valence-corrected chi connectivity index (χ1v) is 10.1. The van der Waals surface area contributed by atoms with Crippen LogP contribution in [0, 0.1) is 5.95 Å². The summed E-state index contributed by atoms with van der Waals surface area (Å²) < 4.78 is 13.6. The average molecular weight is 403 g/mol. The third-order valence-corrected chi connectivity index (χ3v) is 5.34. The summed E-state index contributed by atoms with van der Waals surface area (Å²) in [4.78, 5) is 23.0. The Morgan fingerprint density at radius 1 is 1.00 bits per heavy atom. The van der Waals surface area contributed by atoms with Gasteiger partial charge in [-0.15, -0.1) is 11.3 Å². The predicted octanol–water partition coefficient (Wildman–Crippen LogP) is 5.23. The number of amides is 1. The van der Waals surface area contributed by atoms with Gasteiger partial charge in [-0.2, -0.15) is 4.39 Å². The molecule has 0 radical (unpaired) electrons. The van der Waals surface area contributed by atoms with E-state index < -0.39 is 5.95 Å². The molecule has 144 valence electrons. The fourth-order valence-electron chi connectivity index (χ4n) is 2.99. The van der Waals surface area contributed by atoms with Gasteiger partial charge in [0.1, 0.15) is 0 Å². The lowest BCUT2D eigenvalue weighted by Gasteiger charge is -2.20. The van der Waals surface area contributed by atoms with E-state index in [2.05, 4.69) is 9.97 Å². The van der Waals surface area contributed by atoms with Crippen molar-refractivity contribution in [1.82, 2.24) is 9.97 Å². The molecule has 4 rings (SSSR count). The lowest BCUT2D eigenvalue weighted by atomic mass is 10.1. The second kappa shape index (κ2) is 8.75. The molecule has 29 heavy (non-hydrogen) atoms. The topological polar surface area (TPSA) is 46.1 Å². The molecule has 0 aliphatic carbocycles. The minimum Gasteiger partial charge on any atom is -0.284 e. The molecule has 1 amide bonds. The third kappa shape index (κ3) is 4.55. The number of thiazole rings is 1. The van der Waals surface area contributed by atoms with Crippen LogP contribution in [0.5, 0.6) is 0 Å². The van der Waals surface area contributed by atoms with Crippen LogP contribution in [-0.4, -0.2) is 22.4 Å². The Labute approximate surface area is 172 Å². The molecule has 0 aliphatic heterocycles.